The molecule has 0 spiro atoms. The molecule has 31 heavy (non-hydrogen) atoms. The smallest absolute Gasteiger partial charge is 0.123 e. The second-order valence-electron chi connectivity index (χ2n) is 8.08. The van der Waals surface area contributed by atoms with Gasteiger partial charge in [0.1, 0.15) is 5.82 Å². The SMILES string of the molecule is Fc1cccc(-c2ccc3n2CCc2c-3n(Cc3cccc(Cl)c3)c3ccccc23)c1. The van der Waals surface area contributed by atoms with Crippen LogP contribution in [0.1, 0.15) is 11.1 Å². The summed E-state index contributed by atoms with van der Waals surface area (Å²) in [6.45, 7) is 1.63. The summed E-state index contributed by atoms with van der Waals surface area (Å²) in [4.78, 5) is 0. The number of hydrogen-bond donors (Lipinski definition) is 0. The summed E-state index contributed by atoms with van der Waals surface area (Å²) in [5, 5.41) is 2.05. The maximum atomic E-state index is 13.9. The lowest BCUT2D eigenvalue weighted by Gasteiger charge is -2.22. The van der Waals surface area contributed by atoms with Crippen LogP contribution >= 0.6 is 11.6 Å². The van der Waals surface area contributed by atoms with Crippen molar-refractivity contribution in [2.45, 2.75) is 19.5 Å². The van der Waals surface area contributed by atoms with Crippen molar-refractivity contribution in [2.75, 3.05) is 0 Å². The molecule has 2 aromatic heterocycles. The molecule has 0 atom stereocenters. The standard InChI is InChI=1S/C27H20ClFN2/c28-20-7-3-5-18(15-20)17-31-25-10-2-1-9-22(25)23-13-14-30-24(11-12-26(30)27(23)31)19-6-4-8-21(29)16-19/h1-12,15-16H,13-14,17H2. The van der Waals surface area contributed by atoms with Crippen LogP contribution in [0.2, 0.25) is 5.02 Å². The first-order valence-electron chi connectivity index (χ1n) is 10.5. The van der Waals surface area contributed by atoms with Crippen molar-refractivity contribution in [1.82, 2.24) is 9.13 Å². The predicted octanol–water partition coefficient (Wildman–Crippen LogP) is 7.17. The molecule has 6 rings (SSSR count). The van der Waals surface area contributed by atoms with E-state index >= 15 is 0 Å². The van der Waals surface area contributed by atoms with Gasteiger partial charge in [0.25, 0.3) is 0 Å². The summed E-state index contributed by atoms with van der Waals surface area (Å²) in [7, 11) is 0. The molecule has 0 fully saturated rings. The number of nitrogens with zero attached hydrogens (tertiary/aromatic N) is 2. The molecule has 0 amide bonds. The van der Waals surface area contributed by atoms with Crippen molar-refractivity contribution in [3.8, 4) is 22.6 Å². The third-order valence-corrected chi connectivity index (χ3v) is 6.47. The monoisotopic (exact) mass is 426 g/mol. The molecule has 0 N–H and O–H groups in total. The predicted molar refractivity (Wildman–Crippen MR) is 125 cm³/mol. The van der Waals surface area contributed by atoms with Gasteiger partial charge in [-0.1, -0.05) is 54.1 Å². The molecular weight excluding hydrogens is 407 g/mol. The molecule has 3 heterocycles. The second kappa shape index (κ2) is 7.14. The van der Waals surface area contributed by atoms with Crippen LogP contribution in [0.25, 0.3) is 33.5 Å². The Bertz CT molecular complexity index is 1440. The van der Waals surface area contributed by atoms with Crippen LogP contribution in [-0.4, -0.2) is 9.13 Å². The zero-order valence-corrected chi connectivity index (χ0v) is 17.6. The summed E-state index contributed by atoms with van der Waals surface area (Å²) in [6.07, 6.45) is 0.947. The lowest BCUT2D eigenvalue weighted by molar-refractivity contribution is 0.627. The molecule has 2 nitrogen and oxygen atoms in total. The van der Waals surface area contributed by atoms with Crippen molar-refractivity contribution in [1.29, 1.82) is 0 Å². The zero-order chi connectivity index (χ0) is 20.9. The van der Waals surface area contributed by atoms with E-state index in [0.29, 0.717) is 0 Å². The van der Waals surface area contributed by atoms with Gasteiger partial charge in [-0.05, 0) is 60.0 Å². The molecule has 5 aromatic rings. The van der Waals surface area contributed by atoms with Gasteiger partial charge in [-0.3, -0.25) is 0 Å². The van der Waals surface area contributed by atoms with Crippen LogP contribution in [0.4, 0.5) is 4.39 Å². The minimum Gasteiger partial charge on any atom is -0.339 e. The first-order valence-corrected chi connectivity index (χ1v) is 10.9. The highest BCUT2D eigenvalue weighted by atomic mass is 35.5. The quantitative estimate of drug-likeness (QED) is 0.289. The zero-order valence-electron chi connectivity index (χ0n) is 16.9. The van der Waals surface area contributed by atoms with Crippen molar-refractivity contribution in [3.05, 3.63) is 107 Å². The summed E-state index contributed by atoms with van der Waals surface area (Å²) >= 11 is 6.27. The number of halogens is 2. The van der Waals surface area contributed by atoms with Gasteiger partial charge in [0.05, 0.1) is 11.4 Å². The van der Waals surface area contributed by atoms with Crippen LogP contribution in [-0.2, 0) is 19.5 Å². The maximum absolute atomic E-state index is 13.9. The van der Waals surface area contributed by atoms with E-state index in [-0.39, 0.29) is 5.82 Å². The van der Waals surface area contributed by atoms with Crippen molar-refractivity contribution >= 4 is 22.5 Å². The number of rotatable bonds is 3. The third kappa shape index (κ3) is 3.00. The Morgan fingerprint density at radius 1 is 0.839 bits per heavy atom. The number of fused-ring (bicyclic) bond motifs is 5. The summed E-state index contributed by atoms with van der Waals surface area (Å²) in [6, 6.07) is 27.8. The molecule has 1 aliphatic heterocycles. The largest absolute Gasteiger partial charge is 0.339 e. The summed E-state index contributed by atoms with van der Waals surface area (Å²) in [5.74, 6) is -0.209. The fraction of sp³-hybridized carbons (Fsp3) is 0.111. The van der Waals surface area contributed by atoms with Crippen LogP contribution in [0.3, 0.4) is 0 Å². The number of aromatic nitrogens is 2. The highest BCUT2D eigenvalue weighted by Crippen LogP contribution is 2.41. The molecule has 0 aliphatic carbocycles. The summed E-state index contributed by atoms with van der Waals surface area (Å²) in [5.41, 5.74) is 8.18. The van der Waals surface area contributed by atoms with E-state index in [0.717, 1.165) is 35.8 Å². The minimum absolute atomic E-state index is 0.209. The van der Waals surface area contributed by atoms with E-state index in [4.69, 9.17) is 11.6 Å². The van der Waals surface area contributed by atoms with Gasteiger partial charge in [-0.2, -0.15) is 0 Å². The second-order valence-corrected chi connectivity index (χ2v) is 8.51. The maximum Gasteiger partial charge on any atom is 0.123 e. The van der Waals surface area contributed by atoms with Crippen LogP contribution in [0, 0.1) is 5.82 Å². The van der Waals surface area contributed by atoms with Gasteiger partial charge in [-0.25, -0.2) is 4.39 Å². The van der Waals surface area contributed by atoms with E-state index in [2.05, 4.69) is 51.6 Å². The van der Waals surface area contributed by atoms with Crippen molar-refractivity contribution in [2.24, 2.45) is 0 Å². The first kappa shape index (κ1) is 18.5. The van der Waals surface area contributed by atoms with Gasteiger partial charge in [0, 0.05) is 40.3 Å². The number of aryl methyl sites for hydroxylation is 1. The molecule has 0 radical (unpaired) electrons. The normalized spacial score (nSPS) is 12.7. The van der Waals surface area contributed by atoms with Crippen molar-refractivity contribution < 1.29 is 4.39 Å². The van der Waals surface area contributed by atoms with E-state index in [1.54, 1.807) is 12.1 Å². The van der Waals surface area contributed by atoms with Gasteiger partial charge in [-0.15, -0.1) is 0 Å². The Balaban J connectivity index is 1.57. The molecule has 0 unspecified atom stereocenters. The molecule has 3 aromatic carbocycles. The molecule has 4 heteroatoms. The number of para-hydroxylation sites is 1. The highest BCUT2D eigenvalue weighted by Gasteiger charge is 2.26. The average molecular weight is 427 g/mol. The van der Waals surface area contributed by atoms with Crippen LogP contribution in [0.15, 0.2) is 84.9 Å². The first-order chi connectivity index (χ1) is 15.2. The van der Waals surface area contributed by atoms with E-state index < -0.39 is 0 Å². The molecule has 152 valence electrons. The fourth-order valence-corrected chi connectivity index (χ4v) is 5.15. The Morgan fingerprint density at radius 2 is 1.68 bits per heavy atom. The van der Waals surface area contributed by atoms with Gasteiger partial charge < -0.3 is 9.13 Å². The molecule has 1 aliphatic rings. The molecular formula is C27H20ClFN2. The van der Waals surface area contributed by atoms with Crippen LogP contribution < -0.4 is 0 Å². The van der Waals surface area contributed by atoms with E-state index in [1.165, 1.54) is 39.5 Å². The van der Waals surface area contributed by atoms with Gasteiger partial charge in [0.2, 0.25) is 0 Å². The lowest BCUT2D eigenvalue weighted by atomic mass is 10.0. The third-order valence-electron chi connectivity index (χ3n) is 6.23. The topological polar surface area (TPSA) is 9.86 Å². The van der Waals surface area contributed by atoms with Gasteiger partial charge in [0.15, 0.2) is 0 Å². The van der Waals surface area contributed by atoms with Gasteiger partial charge >= 0.3 is 0 Å². The Labute approximate surface area is 185 Å². The summed E-state index contributed by atoms with van der Waals surface area (Å²) < 4.78 is 18.6. The van der Waals surface area contributed by atoms with E-state index in [1.807, 2.05) is 24.3 Å². The van der Waals surface area contributed by atoms with Crippen molar-refractivity contribution in [3.63, 3.8) is 0 Å². The minimum atomic E-state index is -0.209. The molecule has 0 bridgehead atoms. The fourth-order valence-electron chi connectivity index (χ4n) is 4.94. The molecule has 0 saturated heterocycles. The average Bonchev–Trinajstić information content (AvgIpc) is 3.34. The van der Waals surface area contributed by atoms with E-state index in [9.17, 15) is 4.39 Å². The number of benzene rings is 3. The molecule has 0 saturated carbocycles. The Kier molecular flexibility index (Phi) is 4.25. The Hall–Kier alpha value is -3.30. The lowest BCUT2D eigenvalue weighted by Crippen LogP contribution is -2.14. The number of hydrogen-bond acceptors (Lipinski definition) is 0. The van der Waals surface area contributed by atoms with Crippen LogP contribution in [0.5, 0.6) is 0 Å². The Morgan fingerprint density at radius 3 is 2.55 bits per heavy atom. The highest BCUT2D eigenvalue weighted by molar-refractivity contribution is 6.30.